The minimum atomic E-state index is 0.322. The van der Waals surface area contributed by atoms with Crippen LogP contribution in [0.3, 0.4) is 0 Å². The average Bonchev–Trinajstić information content (AvgIpc) is 2.93. The van der Waals surface area contributed by atoms with E-state index in [0.29, 0.717) is 6.04 Å². The Morgan fingerprint density at radius 1 is 1.21 bits per heavy atom. The van der Waals surface area contributed by atoms with Crippen molar-refractivity contribution in [2.45, 2.75) is 26.3 Å². The van der Waals surface area contributed by atoms with Crippen molar-refractivity contribution in [3.8, 4) is 0 Å². The predicted octanol–water partition coefficient (Wildman–Crippen LogP) is 3.47. The smallest absolute Gasteiger partial charge is 0.109 e. The zero-order chi connectivity index (χ0) is 13.5. The van der Waals surface area contributed by atoms with Gasteiger partial charge in [0.2, 0.25) is 0 Å². The van der Waals surface area contributed by atoms with Crippen LogP contribution in [0.25, 0.3) is 0 Å². The first-order valence-corrected chi connectivity index (χ1v) is 7.58. The van der Waals surface area contributed by atoms with Crippen LogP contribution >= 0.6 is 11.3 Å². The number of nitrogens with one attached hydrogen (secondary N) is 2. The molecular weight excluding hydrogens is 254 g/mol. The van der Waals surface area contributed by atoms with Crippen LogP contribution in [0.15, 0.2) is 36.5 Å². The molecule has 0 aliphatic carbocycles. The Hall–Kier alpha value is -1.39. The fourth-order valence-corrected chi connectivity index (χ4v) is 2.71. The summed E-state index contributed by atoms with van der Waals surface area (Å²) in [7, 11) is 0. The fraction of sp³-hybridized carbons (Fsp3) is 0.400. The summed E-state index contributed by atoms with van der Waals surface area (Å²) in [6.45, 7) is 6.18. The second kappa shape index (κ2) is 7.26. The van der Waals surface area contributed by atoms with Crippen LogP contribution in [0.5, 0.6) is 0 Å². The molecule has 0 spiro atoms. The quantitative estimate of drug-likeness (QED) is 0.760. The molecule has 0 saturated heterocycles. The van der Waals surface area contributed by atoms with E-state index in [-0.39, 0.29) is 0 Å². The standard InChI is InChI=1S/C15H21N3S/c1-3-14-11-18-15(19-14)12(2)16-9-10-17-13-7-5-4-6-8-13/h4-8,11-12,16-17H,3,9-10H2,1-2H3. The van der Waals surface area contributed by atoms with Crippen molar-refractivity contribution in [1.82, 2.24) is 10.3 Å². The second-order valence-corrected chi connectivity index (χ2v) is 5.63. The molecule has 0 fully saturated rings. The van der Waals surface area contributed by atoms with Crippen LogP contribution < -0.4 is 10.6 Å². The molecule has 0 aliphatic heterocycles. The average molecular weight is 275 g/mol. The first kappa shape index (κ1) is 14.0. The summed E-state index contributed by atoms with van der Waals surface area (Å²) in [5.74, 6) is 0. The van der Waals surface area contributed by atoms with E-state index in [4.69, 9.17) is 0 Å². The molecule has 2 aromatic rings. The number of benzene rings is 1. The molecule has 0 bridgehead atoms. The highest BCUT2D eigenvalue weighted by molar-refractivity contribution is 7.11. The van der Waals surface area contributed by atoms with Gasteiger partial charge in [0.25, 0.3) is 0 Å². The zero-order valence-electron chi connectivity index (χ0n) is 11.5. The van der Waals surface area contributed by atoms with Gasteiger partial charge in [-0.05, 0) is 25.5 Å². The minimum absolute atomic E-state index is 0.322. The first-order valence-electron chi connectivity index (χ1n) is 6.76. The number of hydrogen-bond acceptors (Lipinski definition) is 4. The van der Waals surface area contributed by atoms with Crippen LogP contribution in [0.2, 0.25) is 0 Å². The van der Waals surface area contributed by atoms with Gasteiger partial charge < -0.3 is 10.6 Å². The van der Waals surface area contributed by atoms with E-state index in [0.717, 1.165) is 19.5 Å². The lowest BCUT2D eigenvalue weighted by Gasteiger charge is -2.12. The lowest BCUT2D eigenvalue weighted by molar-refractivity contribution is 0.585. The van der Waals surface area contributed by atoms with Gasteiger partial charge in [0.05, 0.1) is 6.04 Å². The summed E-state index contributed by atoms with van der Waals surface area (Å²) in [6.07, 6.45) is 3.06. The molecule has 0 radical (unpaired) electrons. The molecule has 1 heterocycles. The van der Waals surface area contributed by atoms with Gasteiger partial charge >= 0.3 is 0 Å². The van der Waals surface area contributed by atoms with Gasteiger partial charge in [0, 0.05) is 29.9 Å². The molecule has 1 atom stereocenters. The van der Waals surface area contributed by atoms with Crippen LogP contribution in [0, 0.1) is 0 Å². The van der Waals surface area contributed by atoms with E-state index in [1.165, 1.54) is 15.6 Å². The third-order valence-electron chi connectivity index (χ3n) is 2.97. The Morgan fingerprint density at radius 2 is 2.00 bits per heavy atom. The van der Waals surface area contributed by atoms with Gasteiger partial charge in [-0.15, -0.1) is 11.3 Å². The number of nitrogens with zero attached hydrogens (tertiary/aromatic N) is 1. The molecular formula is C15H21N3S. The van der Waals surface area contributed by atoms with E-state index in [9.17, 15) is 0 Å². The number of anilines is 1. The van der Waals surface area contributed by atoms with Gasteiger partial charge in [-0.3, -0.25) is 0 Å². The molecule has 0 saturated carbocycles. The minimum Gasteiger partial charge on any atom is -0.384 e. The molecule has 3 nitrogen and oxygen atoms in total. The summed E-state index contributed by atoms with van der Waals surface area (Å²) in [6, 6.07) is 10.6. The Kier molecular flexibility index (Phi) is 5.36. The van der Waals surface area contributed by atoms with Crippen molar-refractivity contribution in [3.63, 3.8) is 0 Å². The van der Waals surface area contributed by atoms with Crippen molar-refractivity contribution in [3.05, 3.63) is 46.4 Å². The number of para-hydroxylation sites is 1. The molecule has 2 rings (SSSR count). The van der Waals surface area contributed by atoms with Gasteiger partial charge in [-0.25, -0.2) is 4.98 Å². The van der Waals surface area contributed by atoms with E-state index in [2.05, 4.69) is 41.6 Å². The number of thiazole rings is 1. The van der Waals surface area contributed by atoms with E-state index in [1.807, 2.05) is 24.4 Å². The summed E-state index contributed by atoms with van der Waals surface area (Å²) < 4.78 is 0. The highest BCUT2D eigenvalue weighted by Crippen LogP contribution is 2.19. The van der Waals surface area contributed by atoms with Crippen molar-refractivity contribution in [2.24, 2.45) is 0 Å². The number of hydrogen-bond donors (Lipinski definition) is 2. The molecule has 0 amide bonds. The van der Waals surface area contributed by atoms with Gasteiger partial charge in [0.1, 0.15) is 5.01 Å². The normalized spacial score (nSPS) is 12.3. The molecule has 1 unspecified atom stereocenters. The van der Waals surface area contributed by atoms with Crippen LogP contribution in [-0.4, -0.2) is 18.1 Å². The van der Waals surface area contributed by atoms with Crippen molar-refractivity contribution < 1.29 is 0 Å². The third kappa shape index (κ3) is 4.33. The number of aromatic nitrogens is 1. The first-order chi connectivity index (χ1) is 9.29. The molecule has 1 aromatic carbocycles. The van der Waals surface area contributed by atoms with Gasteiger partial charge in [-0.1, -0.05) is 25.1 Å². The molecule has 1 aromatic heterocycles. The summed E-state index contributed by atoms with van der Waals surface area (Å²) in [5.41, 5.74) is 1.17. The molecule has 19 heavy (non-hydrogen) atoms. The fourth-order valence-electron chi connectivity index (χ4n) is 1.83. The third-order valence-corrected chi connectivity index (χ3v) is 4.29. The lowest BCUT2D eigenvalue weighted by Crippen LogP contribution is -2.25. The van der Waals surface area contributed by atoms with E-state index >= 15 is 0 Å². The molecule has 0 aliphatic rings. The van der Waals surface area contributed by atoms with Crippen molar-refractivity contribution in [2.75, 3.05) is 18.4 Å². The Balaban J connectivity index is 1.70. The number of aryl methyl sites for hydroxylation is 1. The Bertz CT molecular complexity index is 481. The Morgan fingerprint density at radius 3 is 2.68 bits per heavy atom. The van der Waals surface area contributed by atoms with Crippen LogP contribution in [0.1, 0.15) is 29.8 Å². The SMILES string of the molecule is CCc1cnc(C(C)NCCNc2ccccc2)s1. The maximum Gasteiger partial charge on any atom is 0.109 e. The lowest BCUT2D eigenvalue weighted by atomic mass is 10.3. The topological polar surface area (TPSA) is 37.0 Å². The molecule has 4 heteroatoms. The predicted molar refractivity (Wildman–Crippen MR) is 82.8 cm³/mol. The molecule has 102 valence electrons. The summed E-state index contributed by atoms with van der Waals surface area (Å²) >= 11 is 1.80. The largest absolute Gasteiger partial charge is 0.384 e. The van der Waals surface area contributed by atoms with Crippen molar-refractivity contribution >= 4 is 17.0 Å². The maximum absolute atomic E-state index is 4.46. The highest BCUT2D eigenvalue weighted by atomic mass is 32.1. The number of rotatable bonds is 7. The highest BCUT2D eigenvalue weighted by Gasteiger charge is 2.08. The summed E-state index contributed by atoms with van der Waals surface area (Å²) in [5, 5.41) is 8.06. The Labute approximate surface area is 119 Å². The van der Waals surface area contributed by atoms with E-state index in [1.54, 1.807) is 11.3 Å². The van der Waals surface area contributed by atoms with Crippen LogP contribution in [-0.2, 0) is 6.42 Å². The van der Waals surface area contributed by atoms with Gasteiger partial charge in [-0.2, -0.15) is 0 Å². The summed E-state index contributed by atoms with van der Waals surface area (Å²) in [4.78, 5) is 5.81. The monoisotopic (exact) mass is 275 g/mol. The second-order valence-electron chi connectivity index (χ2n) is 4.49. The van der Waals surface area contributed by atoms with Crippen molar-refractivity contribution in [1.29, 1.82) is 0 Å². The van der Waals surface area contributed by atoms with E-state index < -0.39 is 0 Å². The van der Waals surface area contributed by atoms with Gasteiger partial charge in [0.15, 0.2) is 0 Å². The molecule has 2 N–H and O–H groups in total. The maximum atomic E-state index is 4.46. The zero-order valence-corrected chi connectivity index (χ0v) is 12.3. The van der Waals surface area contributed by atoms with Crippen LogP contribution in [0.4, 0.5) is 5.69 Å².